The highest BCUT2D eigenvalue weighted by Gasteiger charge is 2.63. The average Bonchev–Trinajstić information content (AvgIpc) is 2.99. The molecule has 0 amide bonds. The number of hydrogen-bond acceptors (Lipinski definition) is 3. The average molecular weight is 405 g/mol. The third-order valence-corrected chi connectivity index (χ3v) is 9.48. The van der Waals surface area contributed by atoms with E-state index >= 15 is 0 Å². The molecule has 1 N–H and O–H groups in total. The monoisotopic (exact) mass is 404 g/mol. The largest absolute Gasteiger partial charge is 0.481 e. The molecule has 0 radical (unpaired) electrons. The number of carbonyl (C=O) groups is 3. The Bertz CT molecular complexity index is 773. The highest BCUT2D eigenvalue weighted by Crippen LogP contribution is 2.67. The van der Waals surface area contributed by atoms with E-state index in [1.165, 1.54) is 0 Å². The van der Waals surface area contributed by atoms with Crippen molar-refractivity contribution in [3.63, 3.8) is 0 Å². The first-order valence-corrected chi connectivity index (χ1v) is 11.2. The van der Waals surface area contributed by atoms with Crippen LogP contribution in [0.1, 0.15) is 72.1 Å². The standard InChI is InChI=1S/C24H33FO4/c1-13(4-7-21(28)29)15-5-6-16-22-17(8-9-23(15,16)2)24(3)12-18(25)19(26)10-14(24)11-20(22)27/h12-17,22H,4-11H2,1-3H3,(H,28,29)/t13-,14+,15-,16?,17?,22?,23-,24+/m1/s1. The first kappa shape index (κ1) is 20.7. The third-order valence-electron chi connectivity index (χ3n) is 9.48. The van der Waals surface area contributed by atoms with Gasteiger partial charge in [0.05, 0.1) is 0 Å². The van der Waals surface area contributed by atoms with Crippen molar-refractivity contribution in [1.82, 2.24) is 0 Å². The minimum absolute atomic E-state index is 0.0463. The number of carbonyl (C=O) groups excluding carboxylic acids is 2. The van der Waals surface area contributed by atoms with Crippen molar-refractivity contribution in [2.24, 2.45) is 46.3 Å². The minimum atomic E-state index is -0.748. The Hall–Kier alpha value is -1.52. The molecule has 5 heteroatoms. The second-order valence-corrected chi connectivity index (χ2v) is 10.7. The van der Waals surface area contributed by atoms with Crippen molar-refractivity contribution in [3.8, 4) is 0 Å². The second-order valence-electron chi connectivity index (χ2n) is 10.7. The molecule has 0 aromatic carbocycles. The lowest BCUT2D eigenvalue weighted by molar-refractivity contribution is -0.150. The van der Waals surface area contributed by atoms with Gasteiger partial charge in [-0.3, -0.25) is 14.4 Å². The van der Waals surface area contributed by atoms with Gasteiger partial charge in [-0.2, -0.15) is 0 Å². The van der Waals surface area contributed by atoms with Gasteiger partial charge in [0.1, 0.15) is 5.78 Å². The molecule has 0 aromatic heterocycles. The Balaban J connectivity index is 1.62. The number of carboxylic acid groups (broad SMARTS) is 1. The summed E-state index contributed by atoms with van der Waals surface area (Å²) in [6, 6.07) is 0. The van der Waals surface area contributed by atoms with Crippen LogP contribution in [0, 0.1) is 46.3 Å². The zero-order valence-electron chi connectivity index (χ0n) is 17.7. The number of Topliss-reactive ketones (excluding diaryl/α,β-unsaturated/α-hetero) is 2. The zero-order valence-corrected chi connectivity index (χ0v) is 17.7. The van der Waals surface area contributed by atoms with Gasteiger partial charge in [0, 0.05) is 25.2 Å². The van der Waals surface area contributed by atoms with Crippen molar-refractivity contribution in [3.05, 3.63) is 11.9 Å². The maximum atomic E-state index is 14.3. The Kier molecular flexibility index (Phi) is 5.02. The molecule has 4 nitrogen and oxygen atoms in total. The number of rotatable bonds is 4. The third kappa shape index (κ3) is 3.11. The number of hydrogen-bond donors (Lipinski definition) is 1. The van der Waals surface area contributed by atoms with E-state index in [4.69, 9.17) is 5.11 Å². The second kappa shape index (κ2) is 7.02. The fourth-order valence-corrected chi connectivity index (χ4v) is 7.91. The number of halogens is 1. The molecule has 0 aromatic rings. The Morgan fingerprint density at radius 2 is 1.93 bits per heavy atom. The topological polar surface area (TPSA) is 71.4 Å². The number of fused-ring (bicyclic) bond motifs is 5. The van der Waals surface area contributed by atoms with Gasteiger partial charge in [-0.05, 0) is 78.6 Å². The zero-order chi connectivity index (χ0) is 21.1. The molecular weight excluding hydrogens is 371 g/mol. The Morgan fingerprint density at radius 3 is 2.62 bits per heavy atom. The summed E-state index contributed by atoms with van der Waals surface area (Å²) in [5, 5.41) is 9.06. The van der Waals surface area contributed by atoms with Crippen LogP contribution in [0.4, 0.5) is 4.39 Å². The lowest BCUT2D eigenvalue weighted by atomic mass is 9.45. The van der Waals surface area contributed by atoms with E-state index in [0.29, 0.717) is 24.7 Å². The minimum Gasteiger partial charge on any atom is -0.481 e. The van der Waals surface area contributed by atoms with Gasteiger partial charge in [-0.15, -0.1) is 0 Å². The van der Waals surface area contributed by atoms with Crippen molar-refractivity contribution in [2.75, 3.05) is 0 Å². The summed E-state index contributed by atoms with van der Waals surface area (Å²) < 4.78 is 14.3. The smallest absolute Gasteiger partial charge is 0.303 e. The first-order chi connectivity index (χ1) is 13.6. The summed E-state index contributed by atoms with van der Waals surface area (Å²) in [4.78, 5) is 36.2. The normalized spacial score (nSPS) is 45.1. The molecule has 160 valence electrons. The Labute approximate surface area is 172 Å². The number of ketones is 2. The Morgan fingerprint density at radius 1 is 1.21 bits per heavy atom. The predicted molar refractivity (Wildman–Crippen MR) is 107 cm³/mol. The van der Waals surface area contributed by atoms with Gasteiger partial charge < -0.3 is 5.11 Å². The summed E-state index contributed by atoms with van der Waals surface area (Å²) >= 11 is 0. The predicted octanol–water partition coefficient (Wildman–Crippen LogP) is 4.97. The fourth-order valence-electron chi connectivity index (χ4n) is 7.91. The van der Waals surface area contributed by atoms with E-state index < -0.39 is 23.0 Å². The van der Waals surface area contributed by atoms with Gasteiger partial charge in [0.15, 0.2) is 11.6 Å². The molecule has 0 aliphatic heterocycles. The fraction of sp³-hybridized carbons (Fsp3) is 0.792. The van der Waals surface area contributed by atoms with Gasteiger partial charge in [0.25, 0.3) is 0 Å². The number of aliphatic carboxylic acids is 1. The van der Waals surface area contributed by atoms with Crippen LogP contribution < -0.4 is 0 Å². The van der Waals surface area contributed by atoms with E-state index in [9.17, 15) is 18.8 Å². The molecule has 8 atom stereocenters. The summed E-state index contributed by atoms with van der Waals surface area (Å²) in [5.41, 5.74) is -0.365. The van der Waals surface area contributed by atoms with E-state index in [-0.39, 0.29) is 47.7 Å². The van der Waals surface area contributed by atoms with Crippen LogP contribution in [-0.4, -0.2) is 22.6 Å². The van der Waals surface area contributed by atoms with Crippen LogP contribution in [0.15, 0.2) is 11.9 Å². The lowest BCUT2D eigenvalue weighted by Crippen LogP contribution is -2.56. The van der Waals surface area contributed by atoms with Crippen molar-refractivity contribution >= 4 is 17.5 Å². The molecule has 0 spiro atoms. The van der Waals surface area contributed by atoms with E-state index in [1.54, 1.807) is 6.08 Å². The number of carboxylic acids is 1. The summed E-state index contributed by atoms with van der Waals surface area (Å²) in [6.07, 6.45) is 6.90. The maximum Gasteiger partial charge on any atom is 0.303 e. The van der Waals surface area contributed by atoms with Crippen molar-refractivity contribution in [1.29, 1.82) is 0 Å². The molecular formula is C24H33FO4. The molecule has 3 saturated carbocycles. The molecule has 4 aliphatic carbocycles. The lowest BCUT2D eigenvalue weighted by Gasteiger charge is -2.58. The van der Waals surface area contributed by atoms with Crippen LogP contribution in [-0.2, 0) is 14.4 Å². The van der Waals surface area contributed by atoms with Crippen molar-refractivity contribution in [2.45, 2.75) is 72.1 Å². The van der Waals surface area contributed by atoms with E-state index in [1.807, 2.05) is 0 Å². The van der Waals surface area contributed by atoms with Crippen LogP contribution in [0.5, 0.6) is 0 Å². The summed E-state index contributed by atoms with van der Waals surface area (Å²) in [5.74, 6) is -0.502. The molecule has 4 rings (SSSR count). The van der Waals surface area contributed by atoms with Crippen LogP contribution >= 0.6 is 0 Å². The summed E-state index contributed by atoms with van der Waals surface area (Å²) in [6.45, 7) is 6.54. The quantitative estimate of drug-likeness (QED) is 0.718. The highest BCUT2D eigenvalue weighted by molar-refractivity contribution is 5.95. The van der Waals surface area contributed by atoms with Crippen LogP contribution in [0.2, 0.25) is 0 Å². The van der Waals surface area contributed by atoms with Gasteiger partial charge in [-0.1, -0.05) is 20.8 Å². The van der Waals surface area contributed by atoms with Crippen LogP contribution in [0.3, 0.4) is 0 Å². The molecule has 3 fully saturated rings. The van der Waals surface area contributed by atoms with E-state index in [2.05, 4.69) is 20.8 Å². The van der Waals surface area contributed by atoms with E-state index in [0.717, 1.165) is 25.7 Å². The van der Waals surface area contributed by atoms with Crippen LogP contribution in [0.25, 0.3) is 0 Å². The SMILES string of the molecule is C[C@H](CCC(=O)O)[C@H]1CCC2C3C(=O)C[C@@H]4CC(=O)C(F)=C[C@]4(C)C3CC[C@@]21C. The molecule has 29 heavy (non-hydrogen) atoms. The van der Waals surface area contributed by atoms with Crippen molar-refractivity contribution < 1.29 is 23.9 Å². The van der Waals surface area contributed by atoms with Gasteiger partial charge >= 0.3 is 5.97 Å². The maximum absolute atomic E-state index is 14.3. The molecule has 0 bridgehead atoms. The van der Waals surface area contributed by atoms with Gasteiger partial charge in [0.2, 0.25) is 0 Å². The molecule has 0 heterocycles. The molecule has 4 aliphatic rings. The molecule has 0 saturated heterocycles. The number of allylic oxidation sites excluding steroid dienone is 2. The molecule has 3 unspecified atom stereocenters. The highest BCUT2D eigenvalue weighted by atomic mass is 19.1. The first-order valence-electron chi connectivity index (χ1n) is 11.2. The van der Waals surface area contributed by atoms with Gasteiger partial charge in [-0.25, -0.2) is 4.39 Å². The summed E-state index contributed by atoms with van der Waals surface area (Å²) in [7, 11) is 0.